The fourth-order valence-corrected chi connectivity index (χ4v) is 3.18. The van der Waals surface area contributed by atoms with Gasteiger partial charge >= 0.3 is 0 Å². The highest BCUT2D eigenvalue weighted by molar-refractivity contribution is 7.16. The number of aromatic nitrogens is 5. The number of hydrogen-bond donors (Lipinski definition) is 1. The molecule has 0 saturated carbocycles. The molecule has 0 amide bonds. The first-order valence-electron chi connectivity index (χ1n) is 7.66. The average Bonchev–Trinajstić information content (AvgIpc) is 3.11. The lowest BCUT2D eigenvalue weighted by Gasteiger charge is -2.13. The van der Waals surface area contributed by atoms with Crippen LogP contribution in [0.25, 0.3) is 4.96 Å². The van der Waals surface area contributed by atoms with E-state index in [1.54, 1.807) is 6.07 Å². The Morgan fingerprint density at radius 1 is 1.43 bits per heavy atom. The molecule has 0 radical (unpaired) electrons. The molecule has 3 heterocycles. The molecule has 3 aromatic rings. The number of aryl methyl sites for hydroxylation is 2. The number of nitrogens with zero attached hydrogens (tertiary/aromatic N) is 5. The Bertz CT molecular complexity index is 864. The minimum atomic E-state index is -0.127. The molecule has 0 aliphatic heterocycles. The van der Waals surface area contributed by atoms with Gasteiger partial charge in [-0.05, 0) is 25.8 Å². The van der Waals surface area contributed by atoms with E-state index in [1.807, 2.05) is 30.9 Å². The number of hydrogen-bond acceptors (Lipinski definition) is 6. The van der Waals surface area contributed by atoms with Crippen LogP contribution in [-0.4, -0.2) is 30.4 Å². The number of nitrogens with one attached hydrogen (secondary N) is 1. The summed E-state index contributed by atoms with van der Waals surface area (Å²) in [5.74, 6) is 0. The Morgan fingerprint density at radius 3 is 2.96 bits per heavy atom. The first kappa shape index (κ1) is 15.8. The maximum atomic E-state index is 12.1. The van der Waals surface area contributed by atoms with Crippen molar-refractivity contribution in [1.82, 2.24) is 29.7 Å². The van der Waals surface area contributed by atoms with Crippen LogP contribution < -0.4 is 10.9 Å². The molecular weight excluding hydrogens is 312 g/mol. The molecule has 0 bridgehead atoms. The molecule has 0 unspecified atom stereocenters. The lowest BCUT2D eigenvalue weighted by Crippen LogP contribution is -2.31. The highest BCUT2D eigenvalue weighted by atomic mass is 32.1. The van der Waals surface area contributed by atoms with Crippen LogP contribution in [0.3, 0.4) is 0 Å². The van der Waals surface area contributed by atoms with Gasteiger partial charge in [0.1, 0.15) is 5.01 Å². The molecule has 1 N–H and O–H groups in total. The number of fused-ring (bicyclic) bond motifs is 1. The van der Waals surface area contributed by atoms with Gasteiger partial charge in [-0.1, -0.05) is 18.3 Å². The van der Waals surface area contributed by atoms with Crippen LogP contribution in [0.1, 0.15) is 30.1 Å². The molecule has 3 rings (SSSR count). The molecule has 1 atom stereocenters. The van der Waals surface area contributed by atoms with Crippen LogP contribution in [-0.2, 0) is 19.5 Å². The van der Waals surface area contributed by atoms with Crippen LogP contribution in [0.2, 0.25) is 0 Å². The van der Waals surface area contributed by atoms with Gasteiger partial charge in [0.15, 0.2) is 0 Å². The molecule has 23 heavy (non-hydrogen) atoms. The summed E-state index contributed by atoms with van der Waals surface area (Å²) in [5.41, 5.74) is 1.76. The van der Waals surface area contributed by atoms with Gasteiger partial charge in [0, 0.05) is 24.8 Å². The van der Waals surface area contributed by atoms with E-state index < -0.39 is 0 Å². The first-order valence-corrected chi connectivity index (χ1v) is 8.48. The van der Waals surface area contributed by atoms with Gasteiger partial charge in [0.05, 0.1) is 18.4 Å². The molecule has 122 valence electrons. The van der Waals surface area contributed by atoms with Crippen LogP contribution in [0, 0.1) is 6.92 Å². The molecule has 0 aromatic carbocycles. The lowest BCUT2D eigenvalue weighted by atomic mass is 10.3. The summed E-state index contributed by atoms with van der Waals surface area (Å²) in [5, 5.41) is 12.8. The summed E-state index contributed by atoms with van der Waals surface area (Å²) in [6.07, 6.45) is 4.66. The SMILES string of the molecule is CCc1nn2c(=O)cc(CN[C@H](C)Cn3cc(C)cn3)nc2s1. The Balaban J connectivity index is 1.67. The van der Waals surface area contributed by atoms with E-state index in [2.05, 4.69) is 27.4 Å². The molecule has 0 aliphatic carbocycles. The van der Waals surface area contributed by atoms with Gasteiger partial charge in [-0.2, -0.15) is 14.7 Å². The fraction of sp³-hybridized carbons (Fsp3) is 0.467. The van der Waals surface area contributed by atoms with Gasteiger partial charge in [0.2, 0.25) is 4.96 Å². The molecule has 0 saturated heterocycles. The number of rotatable bonds is 6. The molecule has 8 heteroatoms. The van der Waals surface area contributed by atoms with E-state index in [-0.39, 0.29) is 11.6 Å². The van der Waals surface area contributed by atoms with Crippen molar-refractivity contribution in [3.05, 3.63) is 45.1 Å². The van der Waals surface area contributed by atoms with Crippen molar-refractivity contribution in [1.29, 1.82) is 0 Å². The molecule has 0 aliphatic rings. The van der Waals surface area contributed by atoms with E-state index in [0.717, 1.165) is 29.2 Å². The summed E-state index contributed by atoms with van der Waals surface area (Å²) in [6.45, 7) is 7.45. The highest BCUT2D eigenvalue weighted by Gasteiger charge is 2.09. The van der Waals surface area contributed by atoms with E-state index in [1.165, 1.54) is 15.9 Å². The maximum Gasteiger partial charge on any atom is 0.275 e. The van der Waals surface area contributed by atoms with Crippen molar-refractivity contribution in [2.75, 3.05) is 0 Å². The van der Waals surface area contributed by atoms with Crippen molar-refractivity contribution in [3.8, 4) is 0 Å². The zero-order valence-corrected chi connectivity index (χ0v) is 14.3. The molecular formula is C15H20N6OS. The van der Waals surface area contributed by atoms with Gasteiger partial charge in [-0.3, -0.25) is 9.48 Å². The van der Waals surface area contributed by atoms with Crippen molar-refractivity contribution >= 4 is 16.3 Å². The molecule has 3 aromatic heterocycles. The van der Waals surface area contributed by atoms with Crippen molar-refractivity contribution < 1.29 is 0 Å². The van der Waals surface area contributed by atoms with E-state index in [9.17, 15) is 4.79 Å². The van der Waals surface area contributed by atoms with Crippen molar-refractivity contribution in [3.63, 3.8) is 0 Å². The van der Waals surface area contributed by atoms with Crippen LogP contribution in [0.5, 0.6) is 0 Å². The van der Waals surface area contributed by atoms with Crippen LogP contribution in [0.4, 0.5) is 0 Å². The van der Waals surface area contributed by atoms with Gasteiger partial charge in [-0.25, -0.2) is 4.98 Å². The largest absolute Gasteiger partial charge is 0.307 e. The standard InChI is InChI=1S/C15H20N6OS/c1-4-13-19-21-14(22)5-12(18-15(21)23-13)7-16-11(3)9-20-8-10(2)6-17-20/h5-6,8,11,16H,4,7,9H2,1-3H3/t11-/m1/s1. The Labute approximate surface area is 138 Å². The summed E-state index contributed by atoms with van der Waals surface area (Å²) in [6, 6.07) is 1.77. The normalized spacial score (nSPS) is 12.8. The summed E-state index contributed by atoms with van der Waals surface area (Å²) in [7, 11) is 0. The predicted octanol–water partition coefficient (Wildman–Crippen LogP) is 1.40. The van der Waals surface area contributed by atoms with Crippen LogP contribution in [0.15, 0.2) is 23.3 Å². The van der Waals surface area contributed by atoms with Gasteiger partial charge < -0.3 is 5.32 Å². The summed E-state index contributed by atoms with van der Waals surface area (Å²) < 4.78 is 3.29. The molecule has 0 spiro atoms. The fourth-order valence-electron chi connectivity index (χ4n) is 2.32. The Hall–Kier alpha value is -2.06. The zero-order valence-electron chi connectivity index (χ0n) is 13.5. The summed E-state index contributed by atoms with van der Waals surface area (Å²) in [4.78, 5) is 17.3. The van der Waals surface area contributed by atoms with Crippen LogP contribution >= 0.6 is 11.3 Å². The highest BCUT2D eigenvalue weighted by Crippen LogP contribution is 2.11. The maximum absolute atomic E-state index is 12.1. The minimum Gasteiger partial charge on any atom is -0.307 e. The van der Waals surface area contributed by atoms with Crippen molar-refractivity contribution in [2.45, 2.75) is 46.3 Å². The third-order valence-electron chi connectivity index (χ3n) is 3.50. The monoisotopic (exact) mass is 332 g/mol. The lowest BCUT2D eigenvalue weighted by molar-refractivity contribution is 0.448. The van der Waals surface area contributed by atoms with Gasteiger partial charge in [0.25, 0.3) is 5.56 Å². The average molecular weight is 332 g/mol. The minimum absolute atomic E-state index is 0.127. The quantitative estimate of drug-likeness (QED) is 0.738. The second kappa shape index (κ2) is 6.59. The van der Waals surface area contributed by atoms with E-state index >= 15 is 0 Å². The second-order valence-corrected chi connectivity index (χ2v) is 6.69. The zero-order chi connectivity index (χ0) is 16.4. The predicted molar refractivity (Wildman–Crippen MR) is 89.8 cm³/mol. The van der Waals surface area contributed by atoms with Crippen molar-refractivity contribution in [2.24, 2.45) is 0 Å². The van der Waals surface area contributed by atoms with E-state index in [4.69, 9.17) is 0 Å². The van der Waals surface area contributed by atoms with Gasteiger partial charge in [-0.15, -0.1) is 0 Å². The second-order valence-electron chi connectivity index (χ2n) is 5.65. The first-order chi connectivity index (χ1) is 11.0. The molecule has 7 nitrogen and oxygen atoms in total. The van der Waals surface area contributed by atoms with E-state index in [0.29, 0.717) is 11.5 Å². The topological polar surface area (TPSA) is 77.1 Å². The smallest absolute Gasteiger partial charge is 0.275 e. The third kappa shape index (κ3) is 3.65. The Morgan fingerprint density at radius 2 is 2.26 bits per heavy atom. The summed E-state index contributed by atoms with van der Waals surface area (Å²) >= 11 is 1.46. The third-order valence-corrected chi connectivity index (χ3v) is 4.55. The molecule has 0 fully saturated rings. The Kier molecular flexibility index (Phi) is 4.53.